The van der Waals surface area contributed by atoms with E-state index in [9.17, 15) is 9.59 Å². The Bertz CT molecular complexity index is 919. The van der Waals surface area contributed by atoms with Gasteiger partial charge in [0.25, 0.3) is 5.91 Å². The van der Waals surface area contributed by atoms with E-state index in [-0.39, 0.29) is 24.8 Å². The number of hydrogen-bond donors (Lipinski definition) is 1. The van der Waals surface area contributed by atoms with Crippen LogP contribution in [0.2, 0.25) is 0 Å². The van der Waals surface area contributed by atoms with Crippen molar-refractivity contribution in [1.82, 2.24) is 15.1 Å². The number of rotatable bonds is 7. The summed E-state index contributed by atoms with van der Waals surface area (Å²) in [5, 5.41) is 7.13. The molecule has 1 heterocycles. The van der Waals surface area contributed by atoms with Crippen molar-refractivity contribution in [3.63, 3.8) is 0 Å². The Morgan fingerprint density at radius 2 is 1.89 bits per heavy atom. The molecule has 0 aliphatic heterocycles. The zero-order valence-electron chi connectivity index (χ0n) is 15.1. The summed E-state index contributed by atoms with van der Waals surface area (Å²) in [4.78, 5) is 23.7. The lowest BCUT2D eigenvalue weighted by Crippen LogP contribution is -2.26. The number of nitrogens with zero attached hydrogens (tertiary/aromatic N) is 2. The number of benzene rings is 2. The number of amides is 1. The van der Waals surface area contributed by atoms with Gasteiger partial charge < -0.3 is 10.1 Å². The molecule has 0 radical (unpaired) electrons. The van der Waals surface area contributed by atoms with Gasteiger partial charge in [0.1, 0.15) is 0 Å². The maximum atomic E-state index is 12.4. The summed E-state index contributed by atoms with van der Waals surface area (Å²) in [6, 6.07) is 19.1. The Morgan fingerprint density at radius 3 is 2.67 bits per heavy atom. The first kappa shape index (κ1) is 18.4. The van der Waals surface area contributed by atoms with Crippen LogP contribution in [0.1, 0.15) is 23.7 Å². The van der Waals surface area contributed by atoms with Crippen molar-refractivity contribution in [3.8, 4) is 16.9 Å². The van der Waals surface area contributed by atoms with Gasteiger partial charge in [-0.2, -0.15) is 5.10 Å². The monoisotopic (exact) mass is 363 g/mol. The van der Waals surface area contributed by atoms with Gasteiger partial charge in [-0.05, 0) is 31.2 Å². The average molecular weight is 363 g/mol. The minimum absolute atomic E-state index is 0.149. The van der Waals surface area contributed by atoms with Crippen molar-refractivity contribution >= 4 is 11.9 Å². The highest BCUT2D eigenvalue weighted by molar-refractivity contribution is 5.95. The zero-order chi connectivity index (χ0) is 19.1. The first-order valence-corrected chi connectivity index (χ1v) is 8.82. The molecule has 0 saturated heterocycles. The SMILES string of the molecule is CCOC(=O)CCNC(=O)c1cccc(-n2nccc2-c2ccccc2)c1. The van der Waals surface area contributed by atoms with E-state index >= 15 is 0 Å². The molecule has 0 bridgehead atoms. The molecule has 0 spiro atoms. The van der Waals surface area contributed by atoms with Gasteiger partial charge >= 0.3 is 5.97 Å². The summed E-state index contributed by atoms with van der Waals surface area (Å²) >= 11 is 0. The minimum atomic E-state index is -0.324. The molecule has 1 amide bonds. The van der Waals surface area contributed by atoms with Crippen LogP contribution in [0.15, 0.2) is 66.9 Å². The van der Waals surface area contributed by atoms with E-state index in [0.717, 1.165) is 16.9 Å². The van der Waals surface area contributed by atoms with Crippen molar-refractivity contribution in [1.29, 1.82) is 0 Å². The Hall–Kier alpha value is -3.41. The summed E-state index contributed by atoms with van der Waals surface area (Å²) < 4.78 is 6.65. The maximum absolute atomic E-state index is 12.4. The predicted molar refractivity (Wildman–Crippen MR) is 103 cm³/mol. The van der Waals surface area contributed by atoms with Crippen LogP contribution < -0.4 is 5.32 Å². The second kappa shape index (κ2) is 8.80. The third-order valence-corrected chi connectivity index (χ3v) is 3.99. The fourth-order valence-electron chi connectivity index (χ4n) is 2.73. The molecule has 0 saturated carbocycles. The van der Waals surface area contributed by atoms with E-state index in [2.05, 4.69) is 10.4 Å². The molecule has 6 nitrogen and oxygen atoms in total. The fourth-order valence-corrected chi connectivity index (χ4v) is 2.73. The highest BCUT2D eigenvalue weighted by Gasteiger charge is 2.11. The lowest BCUT2D eigenvalue weighted by molar-refractivity contribution is -0.142. The number of hydrogen-bond acceptors (Lipinski definition) is 4. The normalized spacial score (nSPS) is 10.4. The number of esters is 1. The first-order valence-electron chi connectivity index (χ1n) is 8.82. The van der Waals surface area contributed by atoms with E-state index in [1.54, 1.807) is 29.9 Å². The van der Waals surface area contributed by atoms with E-state index < -0.39 is 0 Å². The van der Waals surface area contributed by atoms with Gasteiger partial charge in [0.05, 0.1) is 30.6 Å². The molecule has 3 aromatic rings. The molecule has 1 aromatic heterocycles. The van der Waals surface area contributed by atoms with Crippen molar-refractivity contribution < 1.29 is 14.3 Å². The van der Waals surface area contributed by atoms with Crippen LogP contribution >= 0.6 is 0 Å². The molecule has 0 aliphatic carbocycles. The molecule has 27 heavy (non-hydrogen) atoms. The molecule has 0 atom stereocenters. The second-order valence-corrected chi connectivity index (χ2v) is 5.86. The van der Waals surface area contributed by atoms with Gasteiger partial charge in [0, 0.05) is 17.7 Å². The number of ether oxygens (including phenoxy) is 1. The molecule has 138 valence electrons. The quantitative estimate of drug-likeness (QED) is 0.654. The van der Waals surface area contributed by atoms with Gasteiger partial charge in [-0.25, -0.2) is 4.68 Å². The lowest BCUT2D eigenvalue weighted by atomic mass is 10.1. The topological polar surface area (TPSA) is 73.2 Å². The van der Waals surface area contributed by atoms with Crippen LogP contribution in [0.5, 0.6) is 0 Å². The second-order valence-electron chi connectivity index (χ2n) is 5.86. The third-order valence-electron chi connectivity index (χ3n) is 3.99. The fraction of sp³-hybridized carbons (Fsp3) is 0.190. The Labute approximate surface area is 157 Å². The molecule has 0 unspecified atom stereocenters. The lowest BCUT2D eigenvalue weighted by Gasteiger charge is -2.10. The average Bonchev–Trinajstić information content (AvgIpc) is 3.19. The largest absolute Gasteiger partial charge is 0.466 e. The standard InChI is InChI=1S/C21H21N3O3/c1-2-27-20(25)12-13-22-21(26)17-9-6-10-18(15-17)24-19(11-14-23-24)16-7-4-3-5-8-16/h3-11,14-15H,2,12-13H2,1H3,(H,22,26). The van der Waals surface area contributed by atoms with Crippen LogP contribution in [-0.4, -0.2) is 34.8 Å². The van der Waals surface area contributed by atoms with Crippen LogP contribution in [-0.2, 0) is 9.53 Å². The van der Waals surface area contributed by atoms with Crippen LogP contribution in [0.4, 0.5) is 0 Å². The van der Waals surface area contributed by atoms with Crippen LogP contribution in [0.25, 0.3) is 16.9 Å². The van der Waals surface area contributed by atoms with Gasteiger partial charge in [0.15, 0.2) is 0 Å². The van der Waals surface area contributed by atoms with Crippen molar-refractivity contribution in [3.05, 3.63) is 72.4 Å². The van der Waals surface area contributed by atoms with E-state index in [0.29, 0.717) is 12.2 Å². The molecule has 1 N–H and O–H groups in total. The Kier molecular flexibility index (Phi) is 5.99. The molecule has 0 aliphatic rings. The van der Waals surface area contributed by atoms with Crippen LogP contribution in [0.3, 0.4) is 0 Å². The molecule has 3 rings (SSSR count). The molecular weight excluding hydrogens is 342 g/mol. The zero-order valence-corrected chi connectivity index (χ0v) is 15.1. The number of carbonyl (C=O) groups is 2. The summed E-state index contributed by atoms with van der Waals surface area (Å²) in [6.07, 6.45) is 1.88. The summed E-state index contributed by atoms with van der Waals surface area (Å²) in [5.41, 5.74) is 3.28. The van der Waals surface area contributed by atoms with Crippen LogP contribution in [0, 0.1) is 0 Å². The van der Waals surface area contributed by atoms with Gasteiger partial charge in [-0.1, -0.05) is 36.4 Å². The molecular formula is C21H21N3O3. The van der Waals surface area contributed by atoms with Crippen molar-refractivity contribution in [2.45, 2.75) is 13.3 Å². The van der Waals surface area contributed by atoms with E-state index in [1.807, 2.05) is 48.5 Å². The number of aromatic nitrogens is 2. The summed E-state index contributed by atoms with van der Waals surface area (Å²) in [5.74, 6) is -0.565. The van der Waals surface area contributed by atoms with Gasteiger partial charge in [-0.3, -0.25) is 9.59 Å². The van der Waals surface area contributed by atoms with Gasteiger partial charge in [0.2, 0.25) is 0 Å². The molecule has 6 heteroatoms. The Balaban J connectivity index is 1.74. The van der Waals surface area contributed by atoms with E-state index in [1.165, 1.54) is 0 Å². The number of carbonyl (C=O) groups excluding carboxylic acids is 2. The van der Waals surface area contributed by atoms with Gasteiger partial charge in [-0.15, -0.1) is 0 Å². The van der Waals surface area contributed by atoms with Crippen molar-refractivity contribution in [2.24, 2.45) is 0 Å². The minimum Gasteiger partial charge on any atom is -0.466 e. The third kappa shape index (κ3) is 4.61. The Morgan fingerprint density at radius 1 is 1.07 bits per heavy atom. The van der Waals surface area contributed by atoms with Crippen molar-refractivity contribution in [2.75, 3.05) is 13.2 Å². The highest BCUT2D eigenvalue weighted by atomic mass is 16.5. The smallest absolute Gasteiger partial charge is 0.307 e. The predicted octanol–water partition coefficient (Wildman–Crippen LogP) is 3.22. The molecule has 2 aromatic carbocycles. The highest BCUT2D eigenvalue weighted by Crippen LogP contribution is 2.22. The maximum Gasteiger partial charge on any atom is 0.307 e. The molecule has 0 fully saturated rings. The summed E-state index contributed by atoms with van der Waals surface area (Å²) in [6.45, 7) is 2.32. The summed E-state index contributed by atoms with van der Waals surface area (Å²) in [7, 11) is 0. The number of nitrogens with one attached hydrogen (secondary N) is 1. The first-order chi connectivity index (χ1) is 13.2. The van der Waals surface area contributed by atoms with E-state index in [4.69, 9.17) is 4.74 Å².